The molecule has 0 radical (unpaired) electrons. The summed E-state index contributed by atoms with van der Waals surface area (Å²) in [4.78, 5) is 32.6. The molecule has 3 rings (SSSR count). The SMILES string of the molecule is Cc1nc(N2CCOCC2)sc1C(=O)NNC(=O)CCCc1cccs1. The number of aryl methyl sites for hydroxylation is 2. The van der Waals surface area contributed by atoms with Gasteiger partial charge in [0.25, 0.3) is 5.91 Å². The third-order valence-electron chi connectivity index (χ3n) is 4.00. The summed E-state index contributed by atoms with van der Waals surface area (Å²) in [5.41, 5.74) is 5.65. The van der Waals surface area contributed by atoms with E-state index in [4.69, 9.17) is 4.74 Å². The largest absolute Gasteiger partial charge is 0.378 e. The number of morpholine rings is 1. The molecule has 2 aromatic rings. The number of aromatic nitrogens is 1. The van der Waals surface area contributed by atoms with E-state index >= 15 is 0 Å². The summed E-state index contributed by atoms with van der Waals surface area (Å²) in [6.45, 7) is 4.69. The molecular formula is C17H22N4O3S2. The first-order valence-corrected chi connectivity index (χ1v) is 10.2. The Balaban J connectivity index is 1.45. The van der Waals surface area contributed by atoms with Crippen molar-refractivity contribution in [3.05, 3.63) is 33.0 Å². The summed E-state index contributed by atoms with van der Waals surface area (Å²) in [5, 5.41) is 2.84. The number of thiophene rings is 1. The number of hydrazine groups is 1. The van der Waals surface area contributed by atoms with Crippen LogP contribution in [0.25, 0.3) is 0 Å². The Morgan fingerprint density at radius 3 is 2.85 bits per heavy atom. The molecule has 0 aliphatic carbocycles. The normalized spacial score (nSPS) is 14.3. The molecule has 1 fully saturated rings. The fraction of sp³-hybridized carbons (Fsp3) is 0.471. The lowest BCUT2D eigenvalue weighted by atomic mass is 10.2. The van der Waals surface area contributed by atoms with Crippen molar-refractivity contribution in [2.75, 3.05) is 31.2 Å². The van der Waals surface area contributed by atoms with Gasteiger partial charge in [0, 0.05) is 24.4 Å². The highest BCUT2D eigenvalue weighted by molar-refractivity contribution is 7.17. The lowest BCUT2D eigenvalue weighted by Crippen LogP contribution is -2.41. The number of rotatable bonds is 6. The minimum atomic E-state index is -0.328. The highest BCUT2D eigenvalue weighted by atomic mass is 32.1. The Bertz CT molecular complexity index is 739. The van der Waals surface area contributed by atoms with Gasteiger partial charge >= 0.3 is 0 Å². The zero-order chi connectivity index (χ0) is 18.4. The van der Waals surface area contributed by atoms with Crippen molar-refractivity contribution < 1.29 is 14.3 Å². The minimum absolute atomic E-state index is 0.189. The van der Waals surface area contributed by atoms with E-state index in [0.717, 1.165) is 31.1 Å². The van der Waals surface area contributed by atoms with Crippen LogP contribution < -0.4 is 15.8 Å². The maximum atomic E-state index is 12.3. The second-order valence-electron chi connectivity index (χ2n) is 5.95. The van der Waals surface area contributed by atoms with Crippen molar-refractivity contribution in [2.45, 2.75) is 26.2 Å². The molecule has 0 atom stereocenters. The van der Waals surface area contributed by atoms with Crippen LogP contribution in [0.3, 0.4) is 0 Å². The second-order valence-corrected chi connectivity index (χ2v) is 7.96. The van der Waals surface area contributed by atoms with Crippen LogP contribution in [-0.4, -0.2) is 43.1 Å². The van der Waals surface area contributed by atoms with Crippen molar-refractivity contribution in [1.82, 2.24) is 15.8 Å². The van der Waals surface area contributed by atoms with Gasteiger partial charge in [-0.1, -0.05) is 17.4 Å². The van der Waals surface area contributed by atoms with Crippen molar-refractivity contribution in [2.24, 2.45) is 0 Å². The summed E-state index contributed by atoms with van der Waals surface area (Å²) in [7, 11) is 0. The standard InChI is InChI=1S/C17H22N4O3S2/c1-12-15(26-17(18-12)21-7-9-24-10-8-21)16(23)20-19-14(22)6-2-4-13-5-3-11-25-13/h3,5,11H,2,4,6-10H2,1H3,(H,19,22)(H,20,23). The van der Waals surface area contributed by atoms with E-state index in [2.05, 4.69) is 26.8 Å². The van der Waals surface area contributed by atoms with Gasteiger partial charge in [0.2, 0.25) is 5.91 Å². The smallest absolute Gasteiger partial charge is 0.281 e. The molecular weight excluding hydrogens is 372 g/mol. The van der Waals surface area contributed by atoms with Gasteiger partial charge in [0.15, 0.2) is 5.13 Å². The molecule has 0 aromatic carbocycles. The Morgan fingerprint density at radius 1 is 1.31 bits per heavy atom. The zero-order valence-electron chi connectivity index (χ0n) is 14.6. The molecule has 140 valence electrons. The quantitative estimate of drug-likeness (QED) is 0.734. The fourth-order valence-corrected chi connectivity index (χ4v) is 4.37. The van der Waals surface area contributed by atoms with Crippen LogP contribution in [0.1, 0.15) is 33.1 Å². The van der Waals surface area contributed by atoms with Crippen molar-refractivity contribution in [3.8, 4) is 0 Å². The first-order valence-electron chi connectivity index (χ1n) is 8.55. The lowest BCUT2D eigenvalue weighted by molar-refractivity contribution is -0.121. The number of hydrogen-bond acceptors (Lipinski definition) is 7. The molecule has 2 aromatic heterocycles. The first kappa shape index (κ1) is 18.8. The van der Waals surface area contributed by atoms with E-state index < -0.39 is 0 Å². The van der Waals surface area contributed by atoms with Gasteiger partial charge in [-0.2, -0.15) is 0 Å². The number of nitrogens with zero attached hydrogens (tertiary/aromatic N) is 2. The topological polar surface area (TPSA) is 83.6 Å². The van der Waals surface area contributed by atoms with Crippen LogP contribution in [0, 0.1) is 6.92 Å². The molecule has 2 amide bonds. The molecule has 7 nitrogen and oxygen atoms in total. The number of carbonyl (C=O) groups excluding carboxylic acids is 2. The second kappa shape index (κ2) is 9.11. The van der Waals surface area contributed by atoms with E-state index in [1.165, 1.54) is 16.2 Å². The van der Waals surface area contributed by atoms with Gasteiger partial charge in [-0.25, -0.2) is 4.98 Å². The molecule has 1 aliphatic heterocycles. The number of nitrogens with one attached hydrogen (secondary N) is 2. The highest BCUT2D eigenvalue weighted by Gasteiger charge is 2.20. The van der Waals surface area contributed by atoms with Gasteiger partial charge in [-0.15, -0.1) is 11.3 Å². The molecule has 0 saturated carbocycles. The minimum Gasteiger partial charge on any atom is -0.378 e. The van der Waals surface area contributed by atoms with Crippen LogP contribution in [0.2, 0.25) is 0 Å². The number of carbonyl (C=O) groups is 2. The molecule has 1 saturated heterocycles. The summed E-state index contributed by atoms with van der Waals surface area (Å²) in [6.07, 6.45) is 2.00. The molecule has 0 spiro atoms. The number of thiazole rings is 1. The Labute approximate surface area is 160 Å². The van der Waals surface area contributed by atoms with E-state index in [0.29, 0.717) is 30.2 Å². The zero-order valence-corrected chi connectivity index (χ0v) is 16.3. The molecule has 9 heteroatoms. The maximum Gasteiger partial charge on any atom is 0.281 e. The summed E-state index contributed by atoms with van der Waals surface area (Å²) < 4.78 is 5.34. The summed E-state index contributed by atoms with van der Waals surface area (Å²) in [5.74, 6) is -0.517. The Hall–Kier alpha value is -1.97. The fourth-order valence-electron chi connectivity index (χ4n) is 2.61. The van der Waals surface area contributed by atoms with Crippen LogP contribution in [0.5, 0.6) is 0 Å². The van der Waals surface area contributed by atoms with Gasteiger partial charge in [-0.05, 0) is 31.2 Å². The van der Waals surface area contributed by atoms with Crippen molar-refractivity contribution >= 4 is 39.6 Å². The Kier molecular flexibility index (Phi) is 6.59. The van der Waals surface area contributed by atoms with Crippen LogP contribution >= 0.6 is 22.7 Å². The van der Waals surface area contributed by atoms with Crippen molar-refractivity contribution in [1.29, 1.82) is 0 Å². The van der Waals surface area contributed by atoms with E-state index in [-0.39, 0.29) is 11.8 Å². The predicted molar refractivity (Wildman–Crippen MR) is 103 cm³/mol. The highest BCUT2D eigenvalue weighted by Crippen LogP contribution is 2.26. The number of amides is 2. The average molecular weight is 395 g/mol. The van der Waals surface area contributed by atoms with E-state index in [9.17, 15) is 9.59 Å². The maximum absolute atomic E-state index is 12.3. The molecule has 0 unspecified atom stereocenters. The van der Waals surface area contributed by atoms with Gasteiger partial charge in [-0.3, -0.25) is 20.4 Å². The van der Waals surface area contributed by atoms with Crippen LogP contribution in [-0.2, 0) is 16.0 Å². The molecule has 0 bridgehead atoms. The third-order valence-corrected chi connectivity index (χ3v) is 6.15. The molecule has 1 aliphatic rings. The van der Waals surface area contributed by atoms with Crippen LogP contribution in [0.15, 0.2) is 17.5 Å². The van der Waals surface area contributed by atoms with E-state index in [1.54, 1.807) is 18.3 Å². The molecule has 26 heavy (non-hydrogen) atoms. The van der Waals surface area contributed by atoms with Gasteiger partial charge in [0.1, 0.15) is 4.88 Å². The van der Waals surface area contributed by atoms with Crippen LogP contribution in [0.4, 0.5) is 5.13 Å². The summed E-state index contributed by atoms with van der Waals surface area (Å²) in [6, 6.07) is 4.06. The average Bonchev–Trinajstić information content (AvgIpc) is 3.30. The van der Waals surface area contributed by atoms with Gasteiger partial charge in [0.05, 0.1) is 18.9 Å². The summed E-state index contributed by atoms with van der Waals surface area (Å²) >= 11 is 3.03. The van der Waals surface area contributed by atoms with Gasteiger partial charge < -0.3 is 9.64 Å². The van der Waals surface area contributed by atoms with E-state index in [1.807, 2.05) is 11.4 Å². The first-order chi connectivity index (χ1) is 12.6. The van der Waals surface area contributed by atoms with Crippen molar-refractivity contribution in [3.63, 3.8) is 0 Å². The molecule has 2 N–H and O–H groups in total. The Morgan fingerprint density at radius 2 is 2.12 bits per heavy atom. The third kappa shape index (κ3) is 5.03. The monoisotopic (exact) mass is 394 g/mol. The number of anilines is 1. The molecule has 3 heterocycles. The predicted octanol–water partition coefficient (Wildman–Crippen LogP) is 2.13. The number of ether oxygens (including phenoxy) is 1. The lowest BCUT2D eigenvalue weighted by Gasteiger charge is -2.25. The number of hydrogen-bond donors (Lipinski definition) is 2.